The smallest absolute Gasteiger partial charge is 0.410 e. The zero-order valence-electron chi connectivity index (χ0n) is 16.8. The van der Waals surface area contributed by atoms with Gasteiger partial charge < -0.3 is 14.5 Å². The average molecular weight is 428 g/mol. The molecule has 9 heteroatoms. The van der Waals surface area contributed by atoms with Gasteiger partial charge in [-0.1, -0.05) is 17.2 Å². The van der Waals surface area contributed by atoms with Gasteiger partial charge in [0, 0.05) is 11.4 Å². The fraction of sp³-hybridized carbons (Fsp3) is 0.333. The van der Waals surface area contributed by atoms with Crippen LogP contribution in [-0.2, 0) is 22.5 Å². The third kappa shape index (κ3) is 3.68. The second-order valence-electron chi connectivity index (χ2n) is 8.04. The summed E-state index contributed by atoms with van der Waals surface area (Å²) in [6.45, 7) is 6.22. The highest BCUT2D eigenvalue weighted by atomic mass is 32.1. The number of carbonyl (C=O) groups is 4. The Labute approximate surface area is 176 Å². The van der Waals surface area contributed by atoms with Crippen LogP contribution in [0.3, 0.4) is 0 Å². The Morgan fingerprint density at radius 1 is 1.07 bits per heavy atom. The van der Waals surface area contributed by atoms with E-state index in [-0.39, 0.29) is 16.0 Å². The minimum Gasteiger partial charge on any atom is -0.444 e. The van der Waals surface area contributed by atoms with E-state index in [0.29, 0.717) is 24.6 Å². The van der Waals surface area contributed by atoms with Gasteiger partial charge in [0.2, 0.25) is 0 Å². The molecule has 4 rings (SSSR count). The molecule has 2 aromatic rings. The number of benzene rings is 1. The van der Waals surface area contributed by atoms with Crippen molar-refractivity contribution in [2.75, 3.05) is 6.54 Å². The summed E-state index contributed by atoms with van der Waals surface area (Å²) >= 11 is 1.18. The Balaban J connectivity index is 1.46. The Morgan fingerprint density at radius 3 is 2.30 bits per heavy atom. The number of carbonyl (C=O) groups excluding carboxylic acids is 4. The zero-order chi connectivity index (χ0) is 21.6. The molecule has 0 atom stereocenters. The maximum atomic E-state index is 12.6. The van der Waals surface area contributed by atoms with Crippen LogP contribution < -0.4 is 0 Å². The third-order valence-electron chi connectivity index (χ3n) is 4.67. The molecule has 0 fully saturated rings. The lowest BCUT2D eigenvalue weighted by molar-refractivity contribution is -0.0581. The number of hydrogen-bond acceptors (Lipinski definition) is 7. The standard InChI is InChI=1S/C21H20N2O6S/c1-21(2,3)28-20(27)22-9-8-12-10-15(30-16(12)11-22)19(26)29-23-17(24)13-6-4-5-7-14(13)18(23)25/h4-7,10H,8-9,11H2,1-3H3. The predicted molar refractivity (Wildman–Crippen MR) is 107 cm³/mol. The number of imide groups is 1. The minimum absolute atomic E-state index is 0.203. The molecule has 2 aliphatic heterocycles. The SMILES string of the molecule is CC(C)(C)OC(=O)N1CCc2cc(C(=O)ON3C(=O)c4ccccc4C3=O)sc2C1. The van der Waals surface area contributed by atoms with Crippen LogP contribution in [0.25, 0.3) is 0 Å². The number of thiophene rings is 1. The van der Waals surface area contributed by atoms with Crippen LogP contribution in [0.2, 0.25) is 0 Å². The van der Waals surface area contributed by atoms with Crippen molar-refractivity contribution < 1.29 is 28.8 Å². The van der Waals surface area contributed by atoms with E-state index in [4.69, 9.17) is 9.57 Å². The van der Waals surface area contributed by atoms with Gasteiger partial charge in [0.15, 0.2) is 0 Å². The van der Waals surface area contributed by atoms with Gasteiger partial charge in [-0.05, 0) is 51.0 Å². The molecule has 0 saturated carbocycles. The van der Waals surface area contributed by atoms with Crippen molar-refractivity contribution in [1.82, 2.24) is 9.96 Å². The Kier molecular flexibility index (Phi) is 4.85. The molecule has 156 valence electrons. The molecule has 0 unspecified atom stereocenters. The summed E-state index contributed by atoms with van der Waals surface area (Å²) in [4.78, 5) is 57.5. The highest BCUT2D eigenvalue weighted by Crippen LogP contribution is 2.30. The summed E-state index contributed by atoms with van der Waals surface area (Å²) in [6.07, 6.45) is 0.169. The molecule has 1 aromatic heterocycles. The van der Waals surface area contributed by atoms with Gasteiger partial charge in [-0.3, -0.25) is 9.59 Å². The van der Waals surface area contributed by atoms with Crippen molar-refractivity contribution in [3.05, 3.63) is 56.8 Å². The van der Waals surface area contributed by atoms with Gasteiger partial charge in [-0.2, -0.15) is 0 Å². The second-order valence-corrected chi connectivity index (χ2v) is 9.18. The molecule has 0 saturated heterocycles. The van der Waals surface area contributed by atoms with Gasteiger partial charge in [-0.15, -0.1) is 11.3 Å². The van der Waals surface area contributed by atoms with E-state index in [9.17, 15) is 19.2 Å². The van der Waals surface area contributed by atoms with Crippen molar-refractivity contribution in [3.63, 3.8) is 0 Å². The molecule has 1 aromatic carbocycles. The first-order valence-corrected chi connectivity index (χ1v) is 10.3. The Morgan fingerprint density at radius 2 is 1.70 bits per heavy atom. The lowest BCUT2D eigenvalue weighted by atomic mass is 10.1. The summed E-state index contributed by atoms with van der Waals surface area (Å²) in [6, 6.07) is 7.99. The Hall–Kier alpha value is -3.20. The van der Waals surface area contributed by atoms with Crippen molar-refractivity contribution in [2.45, 2.75) is 39.3 Å². The highest BCUT2D eigenvalue weighted by Gasteiger charge is 2.39. The quantitative estimate of drug-likeness (QED) is 0.681. The van der Waals surface area contributed by atoms with Crippen molar-refractivity contribution >= 4 is 35.2 Å². The predicted octanol–water partition coefficient (Wildman–Crippen LogP) is 3.41. The number of rotatable bonds is 2. The molecular weight excluding hydrogens is 408 g/mol. The number of ether oxygens (including phenoxy) is 1. The van der Waals surface area contributed by atoms with E-state index in [1.165, 1.54) is 23.5 Å². The van der Waals surface area contributed by atoms with Crippen molar-refractivity contribution in [1.29, 1.82) is 0 Å². The van der Waals surface area contributed by atoms with Crippen LogP contribution in [0.4, 0.5) is 4.79 Å². The first-order chi connectivity index (χ1) is 14.1. The fourth-order valence-corrected chi connectivity index (χ4v) is 4.38. The van der Waals surface area contributed by atoms with Crippen LogP contribution in [0.15, 0.2) is 30.3 Å². The lowest BCUT2D eigenvalue weighted by Crippen LogP contribution is -2.39. The monoisotopic (exact) mass is 428 g/mol. The van der Waals surface area contributed by atoms with Gasteiger partial charge in [0.05, 0.1) is 17.7 Å². The maximum Gasteiger partial charge on any atom is 0.410 e. The van der Waals surface area contributed by atoms with Gasteiger partial charge in [0.25, 0.3) is 11.8 Å². The number of nitrogens with zero attached hydrogens (tertiary/aromatic N) is 2. The molecule has 30 heavy (non-hydrogen) atoms. The maximum absolute atomic E-state index is 12.6. The first kappa shape index (κ1) is 20.1. The van der Waals surface area contributed by atoms with Gasteiger partial charge in [-0.25, -0.2) is 9.59 Å². The third-order valence-corrected chi connectivity index (χ3v) is 5.81. The molecule has 0 spiro atoms. The summed E-state index contributed by atoms with van der Waals surface area (Å²) < 4.78 is 5.41. The van der Waals surface area contributed by atoms with Crippen LogP contribution in [0, 0.1) is 0 Å². The molecule has 3 heterocycles. The van der Waals surface area contributed by atoms with E-state index in [1.54, 1.807) is 43.9 Å². The highest BCUT2D eigenvalue weighted by molar-refractivity contribution is 7.14. The molecule has 0 bridgehead atoms. The van der Waals surface area contributed by atoms with Crippen LogP contribution in [-0.4, -0.2) is 46.0 Å². The normalized spacial score (nSPS) is 15.7. The molecule has 8 nitrogen and oxygen atoms in total. The van der Waals surface area contributed by atoms with E-state index in [1.807, 2.05) is 0 Å². The van der Waals surface area contributed by atoms with Gasteiger partial charge >= 0.3 is 12.1 Å². The number of fused-ring (bicyclic) bond motifs is 2. The minimum atomic E-state index is -0.785. The zero-order valence-corrected chi connectivity index (χ0v) is 17.6. The number of hydrogen-bond donors (Lipinski definition) is 0. The topological polar surface area (TPSA) is 93.2 Å². The average Bonchev–Trinajstić information content (AvgIpc) is 3.22. The van der Waals surface area contributed by atoms with Crippen LogP contribution >= 0.6 is 11.3 Å². The van der Waals surface area contributed by atoms with Crippen LogP contribution in [0.1, 0.15) is 61.6 Å². The fourth-order valence-electron chi connectivity index (χ4n) is 3.28. The molecule has 0 N–H and O–H groups in total. The van der Waals surface area contributed by atoms with Gasteiger partial charge in [0.1, 0.15) is 10.5 Å². The summed E-state index contributed by atoms with van der Waals surface area (Å²) in [5, 5.41) is 0.499. The molecule has 0 aliphatic carbocycles. The van der Waals surface area contributed by atoms with Crippen molar-refractivity contribution in [3.8, 4) is 0 Å². The molecule has 3 amide bonds. The number of amides is 3. The summed E-state index contributed by atoms with van der Waals surface area (Å²) in [5.74, 6) is -2.12. The van der Waals surface area contributed by atoms with Crippen molar-refractivity contribution in [2.24, 2.45) is 0 Å². The van der Waals surface area contributed by atoms with E-state index >= 15 is 0 Å². The summed E-state index contributed by atoms with van der Waals surface area (Å²) in [5.41, 5.74) is 0.755. The molecule has 0 radical (unpaired) electrons. The Bertz CT molecular complexity index is 1030. The van der Waals surface area contributed by atoms with E-state index in [0.717, 1.165) is 10.4 Å². The first-order valence-electron chi connectivity index (χ1n) is 9.43. The number of hydroxylamine groups is 2. The van der Waals surface area contributed by atoms with E-state index < -0.39 is 29.5 Å². The van der Waals surface area contributed by atoms with E-state index in [2.05, 4.69) is 0 Å². The van der Waals surface area contributed by atoms with Crippen LogP contribution in [0.5, 0.6) is 0 Å². The second kappa shape index (κ2) is 7.24. The summed E-state index contributed by atoms with van der Waals surface area (Å²) in [7, 11) is 0. The largest absolute Gasteiger partial charge is 0.444 e. The lowest BCUT2D eigenvalue weighted by Gasteiger charge is -2.29. The molecule has 2 aliphatic rings. The molecular formula is C21H20N2O6S.